The fraction of sp³-hybridized carbons (Fsp3) is 0.500. The Bertz CT molecular complexity index is 81.7. The molecule has 7 heavy (non-hydrogen) atoms. The topological polar surface area (TPSA) is 0 Å². The van der Waals surface area contributed by atoms with Crippen LogP contribution in [-0.2, 0) is 0 Å². The van der Waals surface area contributed by atoms with Gasteiger partial charge in [0.25, 0.3) is 0 Å². The van der Waals surface area contributed by atoms with E-state index in [4.69, 9.17) is 11.6 Å². The first-order valence-corrected chi connectivity index (χ1v) is 9.15. The maximum atomic E-state index is 5.47. The molecule has 0 aromatic rings. The second kappa shape index (κ2) is 3.17. The zero-order valence-electron chi connectivity index (χ0n) is 3.69. The maximum absolute atomic E-state index is 5.47. The van der Waals surface area contributed by atoms with Crippen LogP contribution in [0.3, 0.4) is 0 Å². The summed E-state index contributed by atoms with van der Waals surface area (Å²) in [7, 11) is 0. The number of halogens is 1. The van der Waals surface area contributed by atoms with Crippen molar-refractivity contribution in [3.05, 3.63) is 11.1 Å². The first-order valence-electron chi connectivity index (χ1n) is 1.96. The van der Waals surface area contributed by atoms with Crippen LogP contribution >= 0.6 is 11.6 Å². The molecule has 0 unspecified atom stereocenters. The number of rotatable bonds is 0. The number of allylic oxidation sites excluding steroid dienone is 1. The van der Waals surface area contributed by atoms with Crippen LogP contribution in [0.15, 0.2) is 11.1 Å². The molecule has 1 fully saturated rings. The van der Waals surface area contributed by atoms with Gasteiger partial charge in [-0.2, -0.15) is 0 Å². The molecule has 1 saturated heterocycles. The molecule has 0 atom stereocenters. The SMILES string of the molecule is ClC=C1C[Se][Se]C1. The molecule has 1 aliphatic rings. The molecule has 0 nitrogen and oxygen atoms in total. The summed E-state index contributed by atoms with van der Waals surface area (Å²) < 4.78 is 0. The predicted molar refractivity (Wildman–Crippen MR) is 35.1 cm³/mol. The van der Waals surface area contributed by atoms with Gasteiger partial charge < -0.3 is 0 Å². The molecule has 0 amide bonds. The Hall–Kier alpha value is 1.07. The molecule has 40 valence electrons. The van der Waals surface area contributed by atoms with Crippen LogP contribution in [0.4, 0.5) is 0 Å². The average Bonchev–Trinajstić information content (AvgIpc) is 2.14. The summed E-state index contributed by atoms with van der Waals surface area (Å²) in [6, 6.07) is 0. The van der Waals surface area contributed by atoms with E-state index in [1.54, 1.807) is 5.54 Å². The Morgan fingerprint density at radius 1 is 1.43 bits per heavy atom. The van der Waals surface area contributed by atoms with E-state index < -0.39 is 0 Å². The molecule has 0 aromatic heterocycles. The third-order valence-corrected chi connectivity index (χ3v) is 7.82. The van der Waals surface area contributed by atoms with Crippen LogP contribution in [0, 0.1) is 0 Å². The van der Waals surface area contributed by atoms with Gasteiger partial charge in [0.05, 0.1) is 0 Å². The molecular formula is C4H5ClSe2. The summed E-state index contributed by atoms with van der Waals surface area (Å²) in [5.74, 6) is 0. The van der Waals surface area contributed by atoms with Crippen molar-refractivity contribution in [3.8, 4) is 0 Å². The summed E-state index contributed by atoms with van der Waals surface area (Å²) in [5, 5.41) is 2.66. The van der Waals surface area contributed by atoms with Crippen LogP contribution in [0.2, 0.25) is 10.6 Å². The van der Waals surface area contributed by atoms with Gasteiger partial charge in [-0.1, -0.05) is 0 Å². The van der Waals surface area contributed by atoms with Crippen LogP contribution in [0.1, 0.15) is 0 Å². The third-order valence-electron chi connectivity index (χ3n) is 0.726. The van der Waals surface area contributed by atoms with Crippen molar-refractivity contribution < 1.29 is 0 Å². The van der Waals surface area contributed by atoms with E-state index in [0.717, 1.165) is 26.3 Å². The van der Waals surface area contributed by atoms with E-state index in [1.165, 1.54) is 16.2 Å². The fourth-order valence-corrected chi connectivity index (χ4v) is 8.44. The normalized spacial score (nSPS) is 20.4. The van der Waals surface area contributed by atoms with Gasteiger partial charge in [0.15, 0.2) is 0 Å². The zero-order valence-corrected chi connectivity index (χ0v) is 7.87. The van der Waals surface area contributed by atoms with Crippen molar-refractivity contribution in [3.63, 3.8) is 0 Å². The molecule has 1 rings (SSSR count). The zero-order chi connectivity index (χ0) is 5.11. The summed E-state index contributed by atoms with van der Waals surface area (Å²) in [6.45, 7) is 0. The van der Waals surface area contributed by atoms with Gasteiger partial charge >= 0.3 is 59.6 Å². The minimum absolute atomic E-state index is 0.952. The molecule has 0 spiro atoms. The molecule has 0 aliphatic carbocycles. The summed E-state index contributed by atoms with van der Waals surface area (Å²) >= 11 is 7.37. The second-order valence-corrected chi connectivity index (χ2v) is 8.85. The van der Waals surface area contributed by atoms with Crippen molar-refractivity contribution in [1.29, 1.82) is 0 Å². The summed E-state index contributed by atoms with van der Waals surface area (Å²) in [5.41, 5.74) is 3.25. The number of hydrogen-bond acceptors (Lipinski definition) is 0. The average molecular weight is 246 g/mol. The van der Waals surface area contributed by atoms with Gasteiger partial charge in [-0.15, -0.1) is 0 Å². The second-order valence-electron chi connectivity index (χ2n) is 1.29. The van der Waals surface area contributed by atoms with Crippen molar-refractivity contribution in [2.45, 2.75) is 10.6 Å². The predicted octanol–water partition coefficient (Wildman–Crippen LogP) is 1.28. The van der Waals surface area contributed by atoms with E-state index >= 15 is 0 Å². The van der Waals surface area contributed by atoms with E-state index in [1.807, 2.05) is 0 Å². The van der Waals surface area contributed by atoms with Crippen LogP contribution in [-0.4, -0.2) is 26.3 Å². The van der Waals surface area contributed by atoms with Crippen molar-refractivity contribution in [2.24, 2.45) is 0 Å². The first-order chi connectivity index (χ1) is 3.43. The van der Waals surface area contributed by atoms with Gasteiger partial charge in [0, 0.05) is 0 Å². The standard InChI is InChI=1S/C4H5ClSe2/c5-1-4-2-6-7-3-4/h1H,2-3H2. The molecule has 1 heterocycles. The van der Waals surface area contributed by atoms with E-state index in [0.29, 0.717) is 0 Å². The van der Waals surface area contributed by atoms with Gasteiger partial charge in [0.2, 0.25) is 0 Å². The molecular weight excluding hydrogens is 241 g/mol. The molecule has 0 radical (unpaired) electrons. The van der Waals surface area contributed by atoms with Crippen molar-refractivity contribution >= 4 is 37.9 Å². The molecule has 0 saturated carbocycles. The van der Waals surface area contributed by atoms with Gasteiger partial charge in [-0.3, -0.25) is 0 Å². The van der Waals surface area contributed by atoms with E-state index in [9.17, 15) is 0 Å². The van der Waals surface area contributed by atoms with Gasteiger partial charge in [0.1, 0.15) is 0 Å². The summed E-state index contributed by atoms with van der Waals surface area (Å²) in [4.78, 5) is 0. The number of hydrogen-bond donors (Lipinski definition) is 0. The molecule has 0 aromatic carbocycles. The van der Waals surface area contributed by atoms with Crippen LogP contribution < -0.4 is 0 Å². The van der Waals surface area contributed by atoms with E-state index in [2.05, 4.69) is 0 Å². The molecule has 0 bridgehead atoms. The Morgan fingerprint density at radius 2 is 2.00 bits per heavy atom. The van der Waals surface area contributed by atoms with Crippen LogP contribution in [0.5, 0.6) is 0 Å². The monoisotopic (exact) mass is 248 g/mol. The Labute approximate surface area is 59.6 Å². The third kappa shape index (κ3) is 1.79. The first kappa shape index (κ1) is 6.19. The van der Waals surface area contributed by atoms with Gasteiger partial charge in [-0.25, -0.2) is 0 Å². The Kier molecular flexibility index (Phi) is 2.80. The molecule has 0 N–H and O–H groups in total. The van der Waals surface area contributed by atoms with E-state index in [-0.39, 0.29) is 0 Å². The minimum atomic E-state index is 0.952. The summed E-state index contributed by atoms with van der Waals surface area (Å²) in [6.07, 6.45) is 0. The van der Waals surface area contributed by atoms with Crippen molar-refractivity contribution in [1.82, 2.24) is 0 Å². The quantitative estimate of drug-likeness (QED) is 0.565. The molecule has 1 aliphatic heterocycles. The Balaban J connectivity index is 2.41. The van der Waals surface area contributed by atoms with Crippen molar-refractivity contribution in [2.75, 3.05) is 0 Å². The molecule has 3 heteroatoms. The van der Waals surface area contributed by atoms with Gasteiger partial charge in [-0.05, 0) is 0 Å². The fourth-order valence-electron chi connectivity index (χ4n) is 0.339. The van der Waals surface area contributed by atoms with Crippen LogP contribution in [0.25, 0.3) is 0 Å². The Morgan fingerprint density at radius 3 is 2.29 bits per heavy atom.